The molecule has 0 radical (unpaired) electrons. The maximum Gasteiger partial charge on any atom is 0.272 e. The Labute approximate surface area is 139 Å². The molecule has 2 atom stereocenters. The molecular weight excluding hydrogens is 310 g/mol. The molecule has 3 rings (SSSR count). The normalized spacial score (nSPS) is 20.5. The van der Waals surface area contributed by atoms with Gasteiger partial charge in [-0.2, -0.15) is 5.10 Å². The van der Waals surface area contributed by atoms with E-state index >= 15 is 0 Å². The number of non-ortho nitro benzene ring substituents is 1. The third kappa shape index (κ3) is 3.43. The van der Waals surface area contributed by atoms with Gasteiger partial charge in [0.2, 0.25) is 0 Å². The molecule has 1 saturated heterocycles. The Bertz CT molecular complexity index is 758. The van der Waals surface area contributed by atoms with Gasteiger partial charge >= 0.3 is 0 Å². The molecule has 1 aromatic carbocycles. The second-order valence-corrected chi connectivity index (χ2v) is 5.97. The van der Waals surface area contributed by atoms with Crippen molar-refractivity contribution in [3.63, 3.8) is 0 Å². The lowest BCUT2D eigenvalue weighted by molar-refractivity contribution is -0.384. The van der Waals surface area contributed by atoms with Gasteiger partial charge in [-0.15, -0.1) is 0 Å². The summed E-state index contributed by atoms with van der Waals surface area (Å²) in [5.74, 6) is 0.175. The van der Waals surface area contributed by atoms with E-state index in [1.54, 1.807) is 24.4 Å². The second kappa shape index (κ2) is 6.79. The Hall–Kier alpha value is -2.74. The molecule has 0 aliphatic carbocycles. The molecule has 126 valence electrons. The van der Waals surface area contributed by atoms with Crippen molar-refractivity contribution >= 4 is 11.6 Å². The van der Waals surface area contributed by atoms with E-state index in [4.69, 9.17) is 0 Å². The van der Waals surface area contributed by atoms with Gasteiger partial charge in [0.1, 0.15) is 0 Å². The first-order chi connectivity index (χ1) is 11.5. The number of amides is 1. The highest BCUT2D eigenvalue weighted by molar-refractivity contribution is 5.92. The van der Waals surface area contributed by atoms with E-state index in [1.807, 2.05) is 0 Å². The van der Waals surface area contributed by atoms with Gasteiger partial charge in [0.15, 0.2) is 5.69 Å². The smallest absolute Gasteiger partial charge is 0.272 e. The van der Waals surface area contributed by atoms with Crippen LogP contribution in [0.2, 0.25) is 0 Å². The number of nitro groups is 1. The minimum Gasteiger partial charge on any atom is -0.346 e. The molecule has 0 bridgehead atoms. The van der Waals surface area contributed by atoms with Crippen molar-refractivity contribution in [3.8, 4) is 5.69 Å². The number of hydrogen-bond acceptors (Lipinski definition) is 5. The van der Waals surface area contributed by atoms with Crippen LogP contribution in [0.15, 0.2) is 36.5 Å². The highest BCUT2D eigenvalue weighted by Crippen LogP contribution is 2.17. The van der Waals surface area contributed by atoms with Gasteiger partial charge < -0.3 is 10.6 Å². The van der Waals surface area contributed by atoms with Crippen molar-refractivity contribution in [1.29, 1.82) is 0 Å². The zero-order valence-electron chi connectivity index (χ0n) is 13.3. The number of aromatic nitrogens is 2. The number of rotatable bonds is 4. The van der Waals surface area contributed by atoms with E-state index in [0.29, 0.717) is 17.3 Å². The molecule has 0 saturated carbocycles. The van der Waals surface area contributed by atoms with E-state index in [1.165, 1.54) is 16.8 Å². The Morgan fingerprint density at radius 3 is 3.04 bits per heavy atom. The van der Waals surface area contributed by atoms with Gasteiger partial charge in [0.05, 0.1) is 10.6 Å². The summed E-state index contributed by atoms with van der Waals surface area (Å²) in [6.07, 6.45) is 2.64. The number of piperidine rings is 1. The van der Waals surface area contributed by atoms with Crippen molar-refractivity contribution in [1.82, 2.24) is 20.4 Å². The van der Waals surface area contributed by atoms with Crippen LogP contribution in [0.5, 0.6) is 0 Å². The van der Waals surface area contributed by atoms with E-state index < -0.39 is 4.92 Å². The van der Waals surface area contributed by atoms with Crippen LogP contribution in [-0.4, -0.2) is 39.7 Å². The number of benzene rings is 1. The fraction of sp³-hybridized carbons (Fsp3) is 0.375. The van der Waals surface area contributed by atoms with Crippen LogP contribution < -0.4 is 10.6 Å². The monoisotopic (exact) mass is 329 g/mol. The third-order valence-corrected chi connectivity index (χ3v) is 4.27. The van der Waals surface area contributed by atoms with Crippen LogP contribution in [0.4, 0.5) is 5.69 Å². The number of carbonyl (C=O) groups is 1. The quantitative estimate of drug-likeness (QED) is 0.654. The zero-order valence-corrected chi connectivity index (χ0v) is 13.3. The van der Waals surface area contributed by atoms with Crippen LogP contribution in [0.1, 0.15) is 23.8 Å². The van der Waals surface area contributed by atoms with Crippen molar-refractivity contribution in [2.24, 2.45) is 5.92 Å². The first kappa shape index (κ1) is 16.1. The molecule has 2 N–H and O–H groups in total. The number of nitro benzene ring substituents is 1. The van der Waals surface area contributed by atoms with Crippen LogP contribution >= 0.6 is 0 Å². The predicted molar refractivity (Wildman–Crippen MR) is 88.1 cm³/mol. The summed E-state index contributed by atoms with van der Waals surface area (Å²) in [7, 11) is 0. The Balaban J connectivity index is 1.74. The summed E-state index contributed by atoms with van der Waals surface area (Å²) < 4.78 is 1.46. The van der Waals surface area contributed by atoms with E-state index in [0.717, 1.165) is 19.5 Å². The molecule has 2 unspecified atom stereocenters. The van der Waals surface area contributed by atoms with Crippen LogP contribution in [-0.2, 0) is 0 Å². The molecule has 1 aliphatic rings. The minimum atomic E-state index is -0.460. The van der Waals surface area contributed by atoms with Crippen molar-refractivity contribution in [3.05, 3.63) is 52.3 Å². The van der Waals surface area contributed by atoms with E-state index in [2.05, 4.69) is 22.7 Å². The number of nitrogens with zero attached hydrogens (tertiary/aromatic N) is 3. The molecule has 0 spiro atoms. The molecule has 24 heavy (non-hydrogen) atoms. The molecule has 2 aromatic rings. The van der Waals surface area contributed by atoms with Crippen molar-refractivity contribution in [2.45, 2.75) is 19.4 Å². The summed E-state index contributed by atoms with van der Waals surface area (Å²) >= 11 is 0. The largest absolute Gasteiger partial charge is 0.346 e. The average Bonchev–Trinajstić information content (AvgIpc) is 3.07. The van der Waals surface area contributed by atoms with E-state index in [9.17, 15) is 14.9 Å². The Morgan fingerprint density at radius 1 is 1.46 bits per heavy atom. The first-order valence-corrected chi connectivity index (χ1v) is 7.86. The SMILES string of the molecule is CC1CCNCC1NC(=O)c1ccn(-c2cccc([N+](=O)[O-])c2)n1. The summed E-state index contributed by atoms with van der Waals surface area (Å²) in [5.41, 5.74) is 0.811. The van der Waals surface area contributed by atoms with E-state index in [-0.39, 0.29) is 17.6 Å². The highest BCUT2D eigenvalue weighted by Gasteiger charge is 2.24. The third-order valence-electron chi connectivity index (χ3n) is 4.27. The van der Waals surface area contributed by atoms with Crippen molar-refractivity contribution < 1.29 is 9.72 Å². The van der Waals surface area contributed by atoms with Crippen LogP contribution in [0.3, 0.4) is 0 Å². The molecule has 1 amide bonds. The van der Waals surface area contributed by atoms with Crippen molar-refractivity contribution in [2.75, 3.05) is 13.1 Å². The van der Waals surface area contributed by atoms with Crippen LogP contribution in [0, 0.1) is 16.0 Å². The average molecular weight is 329 g/mol. The molecule has 1 fully saturated rings. The number of carbonyl (C=O) groups excluding carboxylic acids is 1. The number of nitrogens with one attached hydrogen (secondary N) is 2. The minimum absolute atomic E-state index is 0.0175. The molecule has 1 aliphatic heterocycles. The molecule has 1 aromatic heterocycles. The van der Waals surface area contributed by atoms with Gasteiger partial charge in [0.25, 0.3) is 11.6 Å². The van der Waals surface area contributed by atoms with Gasteiger partial charge in [-0.3, -0.25) is 14.9 Å². The van der Waals surface area contributed by atoms with Gasteiger partial charge in [0, 0.05) is 30.9 Å². The van der Waals surface area contributed by atoms with Gasteiger partial charge in [-0.25, -0.2) is 4.68 Å². The fourth-order valence-electron chi connectivity index (χ4n) is 2.76. The number of hydrogen-bond donors (Lipinski definition) is 2. The maximum atomic E-state index is 12.4. The van der Waals surface area contributed by atoms with Crippen LogP contribution in [0.25, 0.3) is 5.69 Å². The summed E-state index contributed by atoms with van der Waals surface area (Å²) in [4.78, 5) is 22.8. The molecule has 2 heterocycles. The summed E-state index contributed by atoms with van der Waals surface area (Å²) in [5, 5.41) is 21.3. The van der Waals surface area contributed by atoms with Gasteiger partial charge in [-0.05, 0) is 31.0 Å². The molecule has 8 nitrogen and oxygen atoms in total. The topological polar surface area (TPSA) is 102 Å². The lowest BCUT2D eigenvalue weighted by Gasteiger charge is -2.29. The molecular formula is C16H19N5O3. The maximum absolute atomic E-state index is 12.4. The Kier molecular flexibility index (Phi) is 4.57. The first-order valence-electron chi connectivity index (χ1n) is 7.86. The highest BCUT2D eigenvalue weighted by atomic mass is 16.6. The predicted octanol–water partition coefficient (Wildman–Crippen LogP) is 1.51. The fourth-order valence-corrected chi connectivity index (χ4v) is 2.76. The lowest BCUT2D eigenvalue weighted by Crippen LogP contribution is -2.50. The standard InChI is InChI=1S/C16H19N5O3/c1-11-5-7-17-10-15(11)18-16(22)14-6-8-20(19-14)12-3-2-4-13(9-12)21(23)24/h2-4,6,8-9,11,15,17H,5,7,10H2,1H3,(H,18,22). The summed E-state index contributed by atoms with van der Waals surface area (Å²) in [6, 6.07) is 7.81. The second-order valence-electron chi connectivity index (χ2n) is 5.97. The Morgan fingerprint density at radius 2 is 2.29 bits per heavy atom. The zero-order chi connectivity index (χ0) is 17.1. The summed E-state index contributed by atoms with van der Waals surface area (Å²) in [6.45, 7) is 3.83. The van der Waals surface area contributed by atoms with Gasteiger partial charge in [-0.1, -0.05) is 13.0 Å². The lowest BCUT2D eigenvalue weighted by atomic mass is 9.95. The molecule has 8 heteroatoms.